The highest BCUT2D eigenvalue weighted by atomic mass is 16.5. The Morgan fingerprint density at radius 3 is 2.30 bits per heavy atom. The number of benzene rings is 2. The van der Waals surface area contributed by atoms with Crippen LogP contribution >= 0.6 is 0 Å². The number of carbonyl (C=O) groups excluding carboxylic acids is 1. The maximum atomic E-state index is 11.4. The van der Waals surface area contributed by atoms with Crippen LogP contribution in [-0.4, -0.2) is 24.6 Å². The zero-order valence-electron chi connectivity index (χ0n) is 13.9. The first-order valence-electron chi connectivity index (χ1n) is 7.48. The third-order valence-electron chi connectivity index (χ3n) is 3.60. The summed E-state index contributed by atoms with van der Waals surface area (Å²) in [4.78, 5) is 11.4. The highest BCUT2D eigenvalue weighted by Gasteiger charge is 2.13. The number of carbonyl (C=O) groups is 1. The first-order valence-corrected chi connectivity index (χ1v) is 7.48. The van der Waals surface area contributed by atoms with Crippen LogP contribution in [-0.2, 0) is 0 Å². The second-order valence-electron chi connectivity index (χ2n) is 5.67. The van der Waals surface area contributed by atoms with E-state index in [1.165, 1.54) is 14.0 Å². The molecule has 0 bridgehead atoms. The number of hydrogen-bond acceptors (Lipinski definition) is 4. The predicted molar refractivity (Wildman–Crippen MR) is 89.4 cm³/mol. The van der Waals surface area contributed by atoms with Crippen molar-refractivity contribution >= 4 is 5.78 Å². The van der Waals surface area contributed by atoms with Crippen LogP contribution in [0.25, 0.3) is 0 Å². The van der Waals surface area contributed by atoms with Gasteiger partial charge < -0.3 is 14.6 Å². The van der Waals surface area contributed by atoms with Gasteiger partial charge in [0.05, 0.1) is 7.11 Å². The maximum Gasteiger partial charge on any atom is 0.161 e. The zero-order chi connectivity index (χ0) is 17.0. The van der Waals surface area contributed by atoms with Gasteiger partial charge in [-0.05, 0) is 44.5 Å². The maximum absolute atomic E-state index is 11.4. The molecule has 2 aromatic carbocycles. The van der Waals surface area contributed by atoms with Crippen LogP contribution in [0, 0.1) is 13.8 Å². The third kappa shape index (κ3) is 4.33. The molecular weight excluding hydrogens is 292 g/mol. The van der Waals surface area contributed by atoms with E-state index in [0.717, 1.165) is 16.7 Å². The van der Waals surface area contributed by atoms with Crippen LogP contribution in [0.2, 0.25) is 0 Å². The van der Waals surface area contributed by atoms with Crippen LogP contribution < -0.4 is 9.47 Å². The number of aryl methyl sites for hydroxylation is 2. The van der Waals surface area contributed by atoms with Crippen molar-refractivity contribution in [2.75, 3.05) is 13.7 Å². The summed E-state index contributed by atoms with van der Waals surface area (Å²) in [6.07, 6.45) is -0.731. The molecule has 0 amide bonds. The fourth-order valence-electron chi connectivity index (χ4n) is 2.47. The quantitative estimate of drug-likeness (QED) is 0.827. The standard InChI is InChI=1S/C19H22O4/c1-12-7-13(2)9-16(8-12)17(21)11-23-18-6-5-15(14(3)20)10-19(18)22-4/h5-10,17,21H,11H2,1-4H3. The zero-order valence-corrected chi connectivity index (χ0v) is 13.9. The van der Waals surface area contributed by atoms with E-state index in [4.69, 9.17) is 9.47 Å². The molecule has 4 heteroatoms. The molecule has 0 aliphatic rings. The molecule has 0 heterocycles. The molecule has 0 fully saturated rings. The first kappa shape index (κ1) is 17.0. The normalized spacial score (nSPS) is 11.9. The number of hydrogen-bond donors (Lipinski definition) is 1. The van der Waals surface area contributed by atoms with E-state index in [0.29, 0.717) is 17.1 Å². The SMILES string of the molecule is COc1cc(C(C)=O)ccc1OCC(O)c1cc(C)cc(C)c1. The molecule has 2 rings (SSSR count). The van der Waals surface area contributed by atoms with E-state index in [1.54, 1.807) is 18.2 Å². The molecule has 1 unspecified atom stereocenters. The first-order chi connectivity index (χ1) is 10.9. The van der Waals surface area contributed by atoms with Crippen molar-refractivity contribution in [2.45, 2.75) is 26.9 Å². The van der Waals surface area contributed by atoms with Crippen molar-refractivity contribution in [3.05, 3.63) is 58.7 Å². The van der Waals surface area contributed by atoms with Crippen molar-refractivity contribution in [1.82, 2.24) is 0 Å². The number of methoxy groups -OCH3 is 1. The molecule has 0 radical (unpaired) electrons. The number of ether oxygens (including phenoxy) is 2. The van der Waals surface area contributed by atoms with Crippen molar-refractivity contribution in [3.63, 3.8) is 0 Å². The minimum absolute atomic E-state index is 0.0369. The van der Waals surface area contributed by atoms with Gasteiger partial charge in [-0.3, -0.25) is 4.79 Å². The van der Waals surface area contributed by atoms with Gasteiger partial charge in [0.2, 0.25) is 0 Å². The average molecular weight is 314 g/mol. The summed E-state index contributed by atoms with van der Waals surface area (Å²) in [6.45, 7) is 5.60. The van der Waals surface area contributed by atoms with Gasteiger partial charge in [0, 0.05) is 5.56 Å². The summed E-state index contributed by atoms with van der Waals surface area (Å²) in [5, 5.41) is 10.3. The largest absolute Gasteiger partial charge is 0.493 e. The fraction of sp³-hybridized carbons (Fsp3) is 0.316. The van der Waals surface area contributed by atoms with Gasteiger partial charge >= 0.3 is 0 Å². The lowest BCUT2D eigenvalue weighted by molar-refractivity contribution is 0.101. The number of ketones is 1. The molecule has 0 saturated carbocycles. The molecule has 0 aliphatic carbocycles. The van der Waals surface area contributed by atoms with E-state index >= 15 is 0 Å². The molecule has 122 valence electrons. The Morgan fingerprint density at radius 2 is 1.74 bits per heavy atom. The highest BCUT2D eigenvalue weighted by molar-refractivity contribution is 5.94. The number of aliphatic hydroxyl groups excluding tert-OH is 1. The lowest BCUT2D eigenvalue weighted by atomic mass is 10.0. The van der Waals surface area contributed by atoms with Crippen LogP contribution in [0.15, 0.2) is 36.4 Å². The molecular formula is C19H22O4. The van der Waals surface area contributed by atoms with E-state index in [9.17, 15) is 9.90 Å². The van der Waals surface area contributed by atoms with Crippen molar-refractivity contribution < 1.29 is 19.4 Å². The Morgan fingerprint density at radius 1 is 1.09 bits per heavy atom. The Labute approximate surface area is 136 Å². The second kappa shape index (κ2) is 7.29. The Balaban J connectivity index is 2.12. The average Bonchev–Trinajstić information content (AvgIpc) is 2.51. The molecule has 23 heavy (non-hydrogen) atoms. The predicted octanol–water partition coefficient (Wildman–Crippen LogP) is 3.63. The summed E-state index contributed by atoms with van der Waals surface area (Å²) in [5.41, 5.74) is 3.58. The van der Waals surface area contributed by atoms with E-state index in [-0.39, 0.29) is 12.4 Å². The number of Topliss-reactive ketones (excluding diaryl/α,β-unsaturated/α-hetero) is 1. The Kier molecular flexibility index (Phi) is 5.40. The summed E-state index contributed by atoms with van der Waals surface area (Å²) in [5.74, 6) is 0.941. The summed E-state index contributed by atoms with van der Waals surface area (Å²) in [7, 11) is 1.52. The van der Waals surface area contributed by atoms with Crippen molar-refractivity contribution in [2.24, 2.45) is 0 Å². The minimum atomic E-state index is -0.731. The smallest absolute Gasteiger partial charge is 0.161 e. The topological polar surface area (TPSA) is 55.8 Å². The molecule has 2 aromatic rings. The minimum Gasteiger partial charge on any atom is -0.493 e. The molecule has 0 spiro atoms. The van der Waals surface area contributed by atoms with E-state index in [1.807, 2.05) is 26.0 Å². The molecule has 1 atom stereocenters. The van der Waals surface area contributed by atoms with Crippen LogP contribution in [0.3, 0.4) is 0 Å². The summed E-state index contributed by atoms with van der Waals surface area (Å²) >= 11 is 0. The summed E-state index contributed by atoms with van der Waals surface area (Å²) in [6, 6.07) is 10.9. The fourth-order valence-corrected chi connectivity index (χ4v) is 2.47. The lowest BCUT2D eigenvalue weighted by Crippen LogP contribution is -2.11. The molecule has 0 aliphatic heterocycles. The van der Waals surface area contributed by atoms with Gasteiger partial charge in [-0.2, -0.15) is 0 Å². The van der Waals surface area contributed by atoms with Crippen LogP contribution in [0.4, 0.5) is 0 Å². The van der Waals surface area contributed by atoms with Gasteiger partial charge in [0.25, 0.3) is 0 Å². The monoisotopic (exact) mass is 314 g/mol. The van der Waals surface area contributed by atoms with Gasteiger partial charge in [-0.15, -0.1) is 0 Å². The van der Waals surface area contributed by atoms with Gasteiger partial charge in [0.1, 0.15) is 12.7 Å². The number of aliphatic hydroxyl groups is 1. The van der Waals surface area contributed by atoms with E-state index < -0.39 is 6.10 Å². The van der Waals surface area contributed by atoms with E-state index in [2.05, 4.69) is 6.07 Å². The molecule has 4 nitrogen and oxygen atoms in total. The van der Waals surface area contributed by atoms with Crippen molar-refractivity contribution in [3.8, 4) is 11.5 Å². The molecule has 0 aromatic heterocycles. The van der Waals surface area contributed by atoms with Gasteiger partial charge in [-0.25, -0.2) is 0 Å². The molecule has 1 N–H and O–H groups in total. The van der Waals surface area contributed by atoms with Crippen LogP contribution in [0.1, 0.15) is 40.1 Å². The van der Waals surface area contributed by atoms with Crippen LogP contribution in [0.5, 0.6) is 11.5 Å². The Bertz CT molecular complexity index is 686. The lowest BCUT2D eigenvalue weighted by Gasteiger charge is -2.16. The van der Waals surface area contributed by atoms with Crippen molar-refractivity contribution in [1.29, 1.82) is 0 Å². The third-order valence-corrected chi connectivity index (χ3v) is 3.60. The Hall–Kier alpha value is -2.33. The van der Waals surface area contributed by atoms with Gasteiger partial charge in [0.15, 0.2) is 17.3 Å². The second-order valence-corrected chi connectivity index (χ2v) is 5.67. The summed E-state index contributed by atoms with van der Waals surface area (Å²) < 4.78 is 10.9. The van der Waals surface area contributed by atoms with Gasteiger partial charge in [-0.1, -0.05) is 29.3 Å². The number of rotatable bonds is 6. The molecule has 0 saturated heterocycles. The highest BCUT2D eigenvalue weighted by Crippen LogP contribution is 2.29.